The summed E-state index contributed by atoms with van der Waals surface area (Å²) in [6, 6.07) is 8.01. The average Bonchev–Trinajstić information content (AvgIpc) is 3.08. The van der Waals surface area contributed by atoms with Gasteiger partial charge in [-0.3, -0.25) is 4.79 Å². The Morgan fingerprint density at radius 2 is 2.21 bits per heavy atom. The number of likely N-dealkylation sites (N-methyl/N-ethyl adjacent to an activating group) is 1. The standard InChI is InChI=1S/C22H26N4O3/c1-14-5-4-6-19-20(14)17(7-10-29-19)24-18-11-16(22(28)25(3)8-9-27)13-26-12-15(2)23-21(18)26/h4-6,11-13,17,24,27H,7-10H2,1-3H3/t17-/m0/s1. The van der Waals surface area contributed by atoms with Gasteiger partial charge in [0, 0.05) is 38.0 Å². The third-order valence-electron chi connectivity index (χ3n) is 5.33. The number of pyridine rings is 1. The summed E-state index contributed by atoms with van der Waals surface area (Å²) < 4.78 is 7.72. The van der Waals surface area contributed by atoms with Gasteiger partial charge < -0.3 is 24.5 Å². The highest BCUT2D eigenvalue weighted by Crippen LogP contribution is 2.37. The van der Waals surface area contributed by atoms with Crippen LogP contribution in [0.2, 0.25) is 0 Å². The van der Waals surface area contributed by atoms with Crippen LogP contribution < -0.4 is 10.1 Å². The number of nitrogens with one attached hydrogen (secondary N) is 1. The second-order valence-electron chi connectivity index (χ2n) is 7.53. The van der Waals surface area contributed by atoms with Crippen LogP contribution in [-0.2, 0) is 0 Å². The Labute approximate surface area is 169 Å². The zero-order valence-corrected chi connectivity index (χ0v) is 17.0. The van der Waals surface area contributed by atoms with Crippen molar-refractivity contribution in [3.8, 4) is 5.75 Å². The summed E-state index contributed by atoms with van der Waals surface area (Å²) in [5.74, 6) is 0.762. The van der Waals surface area contributed by atoms with Crippen molar-refractivity contribution in [2.45, 2.75) is 26.3 Å². The monoisotopic (exact) mass is 394 g/mol. The van der Waals surface area contributed by atoms with Gasteiger partial charge in [-0.05, 0) is 31.5 Å². The normalized spacial score (nSPS) is 15.7. The highest BCUT2D eigenvalue weighted by molar-refractivity contribution is 5.96. The molecule has 2 aromatic heterocycles. The smallest absolute Gasteiger partial charge is 0.255 e. The summed E-state index contributed by atoms with van der Waals surface area (Å²) in [5, 5.41) is 12.8. The Hall–Kier alpha value is -3.06. The number of aliphatic hydroxyl groups is 1. The molecule has 0 saturated carbocycles. The van der Waals surface area contributed by atoms with E-state index in [0.29, 0.717) is 12.2 Å². The molecule has 1 aliphatic rings. The van der Waals surface area contributed by atoms with Gasteiger partial charge >= 0.3 is 0 Å². The fraction of sp³-hybridized carbons (Fsp3) is 0.364. The number of imidazole rings is 1. The van der Waals surface area contributed by atoms with Gasteiger partial charge in [0.15, 0.2) is 5.65 Å². The van der Waals surface area contributed by atoms with Crippen molar-refractivity contribution in [1.82, 2.24) is 14.3 Å². The van der Waals surface area contributed by atoms with E-state index in [1.807, 2.05) is 35.7 Å². The molecule has 1 amide bonds. The molecule has 0 radical (unpaired) electrons. The molecule has 1 atom stereocenters. The zero-order chi connectivity index (χ0) is 20.5. The number of aliphatic hydroxyl groups excluding tert-OH is 1. The lowest BCUT2D eigenvalue weighted by Gasteiger charge is -2.29. The van der Waals surface area contributed by atoms with Gasteiger partial charge in [-0.2, -0.15) is 0 Å². The van der Waals surface area contributed by atoms with Crippen LogP contribution in [0.1, 0.15) is 39.6 Å². The summed E-state index contributed by atoms with van der Waals surface area (Å²) in [6.45, 7) is 4.87. The number of benzene rings is 1. The lowest BCUT2D eigenvalue weighted by Crippen LogP contribution is -2.30. The number of nitrogens with zero attached hydrogens (tertiary/aromatic N) is 3. The third kappa shape index (κ3) is 3.65. The average molecular weight is 394 g/mol. The number of rotatable bonds is 5. The molecule has 0 aliphatic carbocycles. The van der Waals surface area contributed by atoms with E-state index in [2.05, 4.69) is 23.3 Å². The predicted octanol–water partition coefficient (Wildman–Crippen LogP) is 2.95. The van der Waals surface area contributed by atoms with E-state index < -0.39 is 0 Å². The topological polar surface area (TPSA) is 79.1 Å². The highest BCUT2D eigenvalue weighted by atomic mass is 16.5. The van der Waals surface area contributed by atoms with E-state index in [1.54, 1.807) is 13.2 Å². The number of amides is 1. The quantitative estimate of drug-likeness (QED) is 0.696. The summed E-state index contributed by atoms with van der Waals surface area (Å²) in [5.41, 5.74) is 5.34. The van der Waals surface area contributed by atoms with Crippen molar-refractivity contribution in [3.05, 3.63) is 59.0 Å². The molecule has 1 aliphatic heterocycles. The van der Waals surface area contributed by atoms with Gasteiger partial charge in [-0.15, -0.1) is 0 Å². The first-order valence-electron chi connectivity index (χ1n) is 9.82. The van der Waals surface area contributed by atoms with Crippen LogP contribution in [0.4, 0.5) is 5.69 Å². The van der Waals surface area contributed by atoms with Gasteiger partial charge in [0.05, 0.1) is 36.2 Å². The molecule has 7 nitrogen and oxygen atoms in total. The molecule has 0 fully saturated rings. The van der Waals surface area contributed by atoms with E-state index in [4.69, 9.17) is 9.84 Å². The molecule has 2 N–H and O–H groups in total. The van der Waals surface area contributed by atoms with Gasteiger partial charge in [0.25, 0.3) is 5.91 Å². The Morgan fingerprint density at radius 1 is 1.38 bits per heavy atom. The maximum atomic E-state index is 12.8. The molecule has 0 unspecified atom stereocenters. The Balaban J connectivity index is 1.75. The molecule has 152 valence electrons. The minimum atomic E-state index is -0.140. The van der Waals surface area contributed by atoms with Crippen LogP contribution in [-0.4, -0.2) is 52.1 Å². The fourth-order valence-electron chi connectivity index (χ4n) is 3.91. The van der Waals surface area contributed by atoms with Crippen LogP contribution in [0, 0.1) is 13.8 Å². The van der Waals surface area contributed by atoms with Gasteiger partial charge in [0.2, 0.25) is 0 Å². The maximum absolute atomic E-state index is 12.8. The second kappa shape index (κ2) is 7.75. The number of carbonyl (C=O) groups is 1. The number of hydrogen-bond donors (Lipinski definition) is 2. The molecule has 3 heterocycles. The Kier molecular flexibility index (Phi) is 5.15. The van der Waals surface area contributed by atoms with Crippen molar-refractivity contribution in [2.24, 2.45) is 0 Å². The van der Waals surface area contributed by atoms with Gasteiger partial charge in [0.1, 0.15) is 5.75 Å². The number of aryl methyl sites for hydroxylation is 2. The van der Waals surface area contributed by atoms with Crippen LogP contribution >= 0.6 is 0 Å². The van der Waals surface area contributed by atoms with Crippen LogP contribution in [0.5, 0.6) is 5.75 Å². The third-order valence-corrected chi connectivity index (χ3v) is 5.33. The van der Waals surface area contributed by atoms with Crippen molar-refractivity contribution in [1.29, 1.82) is 0 Å². The maximum Gasteiger partial charge on any atom is 0.255 e. The number of fused-ring (bicyclic) bond motifs is 2. The molecular formula is C22H26N4O3. The molecule has 1 aromatic carbocycles. The molecular weight excluding hydrogens is 368 g/mol. The lowest BCUT2D eigenvalue weighted by molar-refractivity contribution is 0.0766. The molecule has 3 aromatic rings. The largest absolute Gasteiger partial charge is 0.493 e. The van der Waals surface area contributed by atoms with Crippen molar-refractivity contribution >= 4 is 17.2 Å². The molecule has 7 heteroatoms. The minimum absolute atomic E-state index is 0.0706. The SMILES string of the molecule is Cc1cn2cc(C(=O)N(C)CCO)cc(N[C@H]3CCOc4cccc(C)c43)c2n1. The summed E-state index contributed by atoms with van der Waals surface area (Å²) in [6.07, 6.45) is 4.53. The van der Waals surface area contributed by atoms with Crippen molar-refractivity contribution in [3.63, 3.8) is 0 Å². The first kappa shape index (κ1) is 19.3. The second-order valence-corrected chi connectivity index (χ2v) is 7.53. The lowest BCUT2D eigenvalue weighted by atomic mass is 9.95. The molecule has 4 rings (SSSR count). The first-order chi connectivity index (χ1) is 14.0. The zero-order valence-electron chi connectivity index (χ0n) is 17.0. The summed E-state index contributed by atoms with van der Waals surface area (Å²) in [4.78, 5) is 19.0. The minimum Gasteiger partial charge on any atom is -0.493 e. The molecule has 0 saturated heterocycles. The Bertz CT molecular complexity index is 1060. The van der Waals surface area contributed by atoms with Gasteiger partial charge in [-0.1, -0.05) is 12.1 Å². The van der Waals surface area contributed by atoms with E-state index in [1.165, 1.54) is 10.5 Å². The van der Waals surface area contributed by atoms with E-state index in [9.17, 15) is 4.79 Å². The van der Waals surface area contributed by atoms with E-state index >= 15 is 0 Å². The number of anilines is 1. The van der Waals surface area contributed by atoms with E-state index in [0.717, 1.165) is 34.8 Å². The molecule has 0 spiro atoms. The predicted molar refractivity (Wildman–Crippen MR) is 112 cm³/mol. The van der Waals surface area contributed by atoms with Gasteiger partial charge in [-0.25, -0.2) is 4.98 Å². The number of ether oxygens (including phenoxy) is 1. The number of aromatic nitrogens is 2. The van der Waals surface area contributed by atoms with Crippen molar-refractivity contribution < 1.29 is 14.6 Å². The summed E-state index contributed by atoms with van der Waals surface area (Å²) in [7, 11) is 1.69. The highest BCUT2D eigenvalue weighted by Gasteiger charge is 2.25. The number of carbonyl (C=O) groups excluding carboxylic acids is 1. The first-order valence-corrected chi connectivity index (χ1v) is 9.82. The van der Waals surface area contributed by atoms with Crippen LogP contribution in [0.3, 0.4) is 0 Å². The van der Waals surface area contributed by atoms with E-state index in [-0.39, 0.29) is 25.1 Å². The Morgan fingerprint density at radius 3 is 3.00 bits per heavy atom. The fourth-order valence-corrected chi connectivity index (χ4v) is 3.91. The molecule has 0 bridgehead atoms. The van der Waals surface area contributed by atoms with Crippen LogP contribution in [0.25, 0.3) is 5.65 Å². The number of hydrogen-bond acceptors (Lipinski definition) is 5. The van der Waals surface area contributed by atoms with Crippen LogP contribution in [0.15, 0.2) is 36.7 Å². The van der Waals surface area contributed by atoms with Crippen molar-refractivity contribution in [2.75, 3.05) is 32.1 Å². The molecule has 29 heavy (non-hydrogen) atoms. The summed E-state index contributed by atoms with van der Waals surface area (Å²) >= 11 is 0.